The van der Waals surface area contributed by atoms with Crippen LogP contribution in [0.2, 0.25) is 5.02 Å². The topological polar surface area (TPSA) is 110 Å². The fourth-order valence-corrected chi connectivity index (χ4v) is 3.67. The van der Waals surface area contributed by atoms with Gasteiger partial charge in [0.05, 0.1) is 12.2 Å². The molecule has 0 heterocycles. The van der Waals surface area contributed by atoms with Crippen LogP contribution in [0, 0.1) is 11.8 Å². The Labute approximate surface area is 204 Å². The Morgan fingerprint density at radius 1 is 1.30 bits per heavy atom. The molecule has 6 nitrogen and oxygen atoms in total. The van der Waals surface area contributed by atoms with E-state index in [-0.39, 0.29) is 60.8 Å². The van der Waals surface area contributed by atoms with Crippen molar-refractivity contribution in [2.75, 3.05) is 6.61 Å². The first kappa shape index (κ1) is 27.2. The van der Waals surface area contributed by atoms with Gasteiger partial charge in [0.15, 0.2) is 0 Å². The summed E-state index contributed by atoms with van der Waals surface area (Å²) >= 11 is 5.89. The molecule has 1 aromatic carbocycles. The summed E-state index contributed by atoms with van der Waals surface area (Å²) in [4.78, 5) is 10.4. The molecule has 0 unspecified atom stereocenters. The molecule has 0 bridgehead atoms. The molecule has 2 rings (SSSR count). The van der Waals surface area contributed by atoms with Crippen molar-refractivity contribution in [3.05, 3.63) is 53.6 Å². The van der Waals surface area contributed by atoms with Gasteiger partial charge in [0, 0.05) is 23.3 Å². The number of halogens is 1. The zero-order valence-corrected chi connectivity index (χ0v) is 19.9. The number of aliphatic hydroxyl groups is 3. The summed E-state index contributed by atoms with van der Waals surface area (Å²) in [5.74, 6) is -0.947. The molecule has 3 N–H and O–H groups in total. The van der Waals surface area contributed by atoms with Crippen molar-refractivity contribution >= 4 is 17.6 Å². The first-order valence-electron chi connectivity index (χ1n) is 9.82. The van der Waals surface area contributed by atoms with Gasteiger partial charge >= 0.3 is 29.6 Å². The van der Waals surface area contributed by atoms with Crippen LogP contribution in [0.5, 0.6) is 5.75 Å². The first-order chi connectivity index (χ1) is 13.9. The third-order valence-electron chi connectivity index (χ3n) is 5.01. The Balaban J connectivity index is 0.00000450. The van der Waals surface area contributed by atoms with Gasteiger partial charge in [-0.15, -0.1) is 0 Å². The molecule has 160 valence electrons. The van der Waals surface area contributed by atoms with Gasteiger partial charge in [0.1, 0.15) is 18.5 Å². The molecule has 1 aliphatic carbocycles. The van der Waals surface area contributed by atoms with Crippen LogP contribution < -0.4 is 39.4 Å². The van der Waals surface area contributed by atoms with Gasteiger partial charge in [-0.2, -0.15) is 0 Å². The number of ether oxygens (including phenoxy) is 1. The second-order valence-electron chi connectivity index (χ2n) is 7.30. The Kier molecular flexibility index (Phi) is 12.9. The molecule has 8 heteroatoms. The number of unbranched alkanes of at least 4 members (excludes halogenated alkanes) is 1. The van der Waals surface area contributed by atoms with E-state index in [0.29, 0.717) is 30.0 Å². The molecule has 30 heavy (non-hydrogen) atoms. The van der Waals surface area contributed by atoms with Crippen molar-refractivity contribution < 1.29 is 59.5 Å². The molecule has 1 saturated carbocycles. The fraction of sp³-hybridized carbons (Fsp3) is 0.500. The van der Waals surface area contributed by atoms with Gasteiger partial charge in [-0.3, -0.25) is 0 Å². The van der Waals surface area contributed by atoms with Crippen molar-refractivity contribution in [2.45, 2.75) is 50.4 Å². The van der Waals surface area contributed by atoms with Crippen LogP contribution >= 0.6 is 11.6 Å². The average Bonchev–Trinajstić information content (AvgIpc) is 2.93. The molecule has 1 aliphatic rings. The molecule has 1 aromatic rings. The van der Waals surface area contributed by atoms with Crippen molar-refractivity contribution in [3.8, 4) is 5.75 Å². The Hall–Kier alpha value is -0.860. The fourth-order valence-electron chi connectivity index (χ4n) is 3.49. The number of carbonyl (C=O) groups is 1. The Bertz CT molecular complexity index is 711. The normalized spacial score (nSPS) is 24.8. The van der Waals surface area contributed by atoms with E-state index in [1.54, 1.807) is 36.4 Å². The van der Waals surface area contributed by atoms with Crippen molar-refractivity contribution in [2.24, 2.45) is 11.8 Å². The van der Waals surface area contributed by atoms with E-state index in [9.17, 15) is 25.2 Å². The van der Waals surface area contributed by atoms with Gasteiger partial charge < -0.3 is 30.0 Å². The third-order valence-corrected chi connectivity index (χ3v) is 5.25. The minimum atomic E-state index is -1.06. The Morgan fingerprint density at radius 3 is 2.77 bits per heavy atom. The van der Waals surface area contributed by atoms with Gasteiger partial charge in [-0.25, -0.2) is 0 Å². The number of hydrogen-bond donors (Lipinski definition) is 3. The van der Waals surface area contributed by atoms with Gasteiger partial charge in [-0.1, -0.05) is 42.0 Å². The molecule has 0 radical (unpaired) electrons. The van der Waals surface area contributed by atoms with E-state index in [2.05, 4.69) is 0 Å². The largest absolute Gasteiger partial charge is 1.00 e. The van der Waals surface area contributed by atoms with Crippen LogP contribution in [0.15, 0.2) is 48.6 Å². The third kappa shape index (κ3) is 9.52. The number of aliphatic hydroxyl groups excluding tert-OH is 3. The predicted octanol–water partition coefficient (Wildman–Crippen LogP) is -1.14. The molecule has 0 aromatic heterocycles. The maximum Gasteiger partial charge on any atom is 1.00 e. The minimum absolute atomic E-state index is 0. The summed E-state index contributed by atoms with van der Waals surface area (Å²) in [7, 11) is 0. The summed E-state index contributed by atoms with van der Waals surface area (Å²) in [5, 5.41) is 41.6. The van der Waals surface area contributed by atoms with E-state index in [1.807, 2.05) is 12.2 Å². The van der Waals surface area contributed by atoms with E-state index in [4.69, 9.17) is 16.3 Å². The second-order valence-corrected chi connectivity index (χ2v) is 7.74. The van der Waals surface area contributed by atoms with E-state index in [1.165, 1.54) is 0 Å². The summed E-state index contributed by atoms with van der Waals surface area (Å²) in [6.45, 7) is 0.0468. The zero-order valence-electron chi connectivity index (χ0n) is 17.2. The first-order valence-corrected chi connectivity index (χ1v) is 10.2. The number of hydrogen-bond acceptors (Lipinski definition) is 6. The number of rotatable bonds is 11. The smallest absolute Gasteiger partial charge is 0.550 e. The molecular weight excluding hydrogens is 419 g/mol. The summed E-state index contributed by atoms with van der Waals surface area (Å²) in [6, 6.07) is 6.89. The van der Waals surface area contributed by atoms with Gasteiger partial charge in [0.25, 0.3) is 0 Å². The maximum absolute atomic E-state index is 10.4. The molecule has 1 fully saturated rings. The summed E-state index contributed by atoms with van der Waals surface area (Å²) in [5.41, 5.74) is 0. The second kappa shape index (κ2) is 14.2. The predicted molar refractivity (Wildman–Crippen MR) is 108 cm³/mol. The Morgan fingerprint density at radius 2 is 2.07 bits per heavy atom. The summed E-state index contributed by atoms with van der Waals surface area (Å²) < 4.78 is 5.50. The van der Waals surface area contributed by atoms with Gasteiger partial charge in [0.2, 0.25) is 0 Å². The number of allylic oxidation sites excluding steroid dienone is 2. The number of aliphatic carboxylic acids is 1. The quantitative estimate of drug-likeness (QED) is 0.225. The SMILES string of the molecule is O=C([O-])CCCC=CC[C@H]1[C@H](/C=C/[C@H](O)COc2cccc(Cl)c2)[C@@H](O)C[C@H]1O.[Na+]. The van der Waals surface area contributed by atoms with E-state index >= 15 is 0 Å². The van der Waals surface area contributed by atoms with Gasteiger partial charge in [-0.05, 0) is 49.8 Å². The van der Waals surface area contributed by atoms with Crippen LogP contribution in [0.3, 0.4) is 0 Å². The molecule has 0 saturated heterocycles. The van der Waals surface area contributed by atoms with E-state index in [0.717, 1.165) is 0 Å². The minimum Gasteiger partial charge on any atom is -0.550 e. The molecule has 0 amide bonds. The van der Waals surface area contributed by atoms with Crippen LogP contribution in [0.25, 0.3) is 0 Å². The molecular formula is C22H28ClNaO6. The molecule has 0 aliphatic heterocycles. The van der Waals surface area contributed by atoms with E-state index < -0.39 is 24.3 Å². The maximum atomic E-state index is 10.4. The number of benzene rings is 1. The zero-order chi connectivity index (χ0) is 21.2. The van der Waals surface area contributed by atoms with Crippen LogP contribution in [0.4, 0.5) is 0 Å². The van der Waals surface area contributed by atoms with Crippen LogP contribution in [-0.2, 0) is 4.79 Å². The number of carboxylic acids is 1. The molecule has 5 atom stereocenters. The number of carboxylic acid groups (broad SMARTS) is 1. The number of carbonyl (C=O) groups excluding carboxylic acids is 1. The van der Waals surface area contributed by atoms with Crippen molar-refractivity contribution in [1.29, 1.82) is 0 Å². The monoisotopic (exact) mass is 446 g/mol. The van der Waals surface area contributed by atoms with Crippen LogP contribution in [0.1, 0.15) is 32.1 Å². The van der Waals surface area contributed by atoms with Crippen molar-refractivity contribution in [3.63, 3.8) is 0 Å². The molecule has 0 spiro atoms. The standard InChI is InChI=1S/C22H29ClO6.Na/c23-15-6-5-7-17(12-15)29-14-16(24)10-11-19-18(20(25)13-21(19)26)8-3-1-2-4-9-22(27)28;/h1,3,5-7,10-12,16,18-21,24-26H,2,4,8-9,13-14H2,(H,27,28);/q;+1/p-1/b3-1?,11-10+;/t16-,18-,19-,20+,21-;/m0./s1. The summed E-state index contributed by atoms with van der Waals surface area (Å²) in [6.07, 6.45) is 6.93. The van der Waals surface area contributed by atoms with Crippen molar-refractivity contribution in [1.82, 2.24) is 0 Å². The van der Waals surface area contributed by atoms with Crippen LogP contribution in [-0.4, -0.2) is 46.2 Å². The average molecular weight is 447 g/mol.